The molecular formula is C26H31N3O4. The first kappa shape index (κ1) is 21.8. The summed E-state index contributed by atoms with van der Waals surface area (Å²) < 4.78 is 11.1. The molecule has 33 heavy (non-hydrogen) atoms. The fourth-order valence-electron chi connectivity index (χ4n) is 5.00. The van der Waals surface area contributed by atoms with E-state index in [-0.39, 0.29) is 23.8 Å². The summed E-state index contributed by atoms with van der Waals surface area (Å²) in [6.45, 7) is 2.48. The van der Waals surface area contributed by atoms with Crippen LogP contribution >= 0.6 is 0 Å². The van der Waals surface area contributed by atoms with Gasteiger partial charge in [-0.15, -0.1) is 0 Å². The molecule has 2 aromatic rings. The predicted octanol–water partition coefficient (Wildman–Crippen LogP) is 3.03. The number of hydrogen-bond donors (Lipinski definition) is 3. The van der Waals surface area contributed by atoms with Crippen LogP contribution in [-0.4, -0.2) is 37.6 Å². The number of rotatable bonds is 5. The van der Waals surface area contributed by atoms with Crippen LogP contribution in [0.4, 0.5) is 5.69 Å². The third-order valence-electron chi connectivity index (χ3n) is 6.99. The number of ether oxygens (including phenoxy) is 2. The van der Waals surface area contributed by atoms with Crippen molar-refractivity contribution in [3.05, 3.63) is 53.6 Å². The minimum Gasteiger partial charge on any atom is -0.486 e. The fourth-order valence-corrected chi connectivity index (χ4v) is 5.00. The first-order valence-electron chi connectivity index (χ1n) is 11.9. The maximum atomic E-state index is 12.8. The number of nitrogens with one attached hydrogen (secondary N) is 3. The van der Waals surface area contributed by atoms with Crippen molar-refractivity contribution in [2.24, 2.45) is 11.8 Å². The van der Waals surface area contributed by atoms with Crippen molar-refractivity contribution in [3.63, 3.8) is 0 Å². The molecule has 1 aliphatic carbocycles. The predicted molar refractivity (Wildman–Crippen MR) is 125 cm³/mol. The second kappa shape index (κ2) is 9.83. The van der Waals surface area contributed by atoms with E-state index in [0.29, 0.717) is 31.4 Å². The van der Waals surface area contributed by atoms with Crippen molar-refractivity contribution in [1.29, 1.82) is 0 Å². The van der Waals surface area contributed by atoms with Crippen LogP contribution in [-0.2, 0) is 22.6 Å². The van der Waals surface area contributed by atoms with Gasteiger partial charge in [-0.05, 0) is 61.3 Å². The zero-order valence-electron chi connectivity index (χ0n) is 18.8. The lowest BCUT2D eigenvalue weighted by Gasteiger charge is -2.29. The summed E-state index contributed by atoms with van der Waals surface area (Å²) in [4.78, 5) is 25.4. The molecule has 2 amide bonds. The van der Waals surface area contributed by atoms with Crippen molar-refractivity contribution in [1.82, 2.24) is 10.6 Å². The van der Waals surface area contributed by atoms with Crippen LogP contribution in [0.5, 0.6) is 11.5 Å². The van der Waals surface area contributed by atoms with Gasteiger partial charge in [-0.25, -0.2) is 0 Å². The van der Waals surface area contributed by atoms with Gasteiger partial charge in [0.1, 0.15) is 13.2 Å². The molecule has 3 N–H and O–H groups in total. The summed E-state index contributed by atoms with van der Waals surface area (Å²) in [5.74, 6) is 1.94. The molecule has 5 rings (SSSR count). The van der Waals surface area contributed by atoms with Crippen LogP contribution in [0, 0.1) is 11.8 Å². The number of anilines is 1. The van der Waals surface area contributed by atoms with Crippen molar-refractivity contribution in [2.45, 2.75) is 44.7 Å². The summed E-state index contributed by atoms with van der Waals surface area (Å²) in [6.07, 6.45) is 4.30. The maximum absolute atomic E-state index is 12.8. The molecule has 7 nitrogen and oxygen atoms in total. The molecular weight excluding hydrogens is 418 g/mol. The Kier molecular flexibility index (Phi) is 6.48. The SMILES string of the molecule is O=C(Nc1ccc2c(c1)OCCO2)C1CCC(CNC(=O)[C@H]2Cc3ccccc3CN2)CC1. The van der Waals surface area contributed by atoms with Crippen molar-refractivity contribution in [2.75, 3.05) is 25.1 Å². The highest BCUT2D eigenvalue weighted by atomic mass is 16.6. The Balaban J connectivity index is 1.05. The van der Waals surface area contributed by atoms with Crippen molar-refractivity contribution in [3.8, 4) is 11.5 Å². The molecule has 0 saturated heterocycles. The maximum Gasteiger partial charge on any atom is 0.237 e. The molecule has 0 radical (unpaired) electrons. The third-order valence-corrected chi connectivity index (χ3v) is 6.99. The molecule has 0 unspecified atom stereocenters. The zero-order chi connectivity index (χ0) is 22.6. The van der Waals surface area contributed by atoms with E-state index in [1.165, 1.54) is 11.1 Å². The topological polar surface area (TPSA) is 88.7 Å². The number of carbonyl (C=O) groups is 2. The van der Waals surface area contributed by atoms with Crippen LogP contribution in [0.15, 0.2) is 42.5 Å². The average Bonchev–Trinajstić information content (AvgIpc) is 2.87. The Morgan fingerprint density at radius 2 is 1.67 bits per heavy atom. The van der Waals surface area contributed by atoms with Crippen LogP contribution in [0.25, 0.3) is 0 Å². The first-order valence-corrected chi connectivity index (χ1v) is 11.9. The Hall–Kier alpha value is -3.06. The van der Waals surface area contributed by atoms with E-state index >= 15 is 0 Å². The van der Waals surface area contributed by atoms with Gasteiger partial charge >= 0.3 is 0 Å². The molecule has 0 bridgehead atoms. The van der Waals surface area contributed by atoms with Crippen LogP contribution < -0.4 is 25.4 Å². The van der Waals surface area contributed by atoms with E-state index in [0.717, 1.165) is 50.1 Å². The van der Waals surface area contributed by atoms with E-state index in [1.807, 2.05) is 30.3 Å². The highest BCUT2D eigenvalue weighted by Gasteiger charge is 2.28. The monoisotopic (exact) mass is 449 g/mol. The quantitative estimate of drug-likeness (QED) is 0.653. The second-order valence-electron chi connectivity index (χ2n) is 9.22. The number of amides is 2. The van der Waals surface area contributed by atoms with Crippen molar-refractivity contribution < 1.29 is 19.1 Å². The molecule has 1 saturated carbocycles. The summed E-state index contributed by atoms with van der Waals surface area (Å²) in [5.41, 5.74) is 3.26. The van der Waals surface area contributed by atoms with Gasteiger partial charge < -0.3 is 25.4 Å². The normalized spacial score (nSPS) is 23.8. The Labute approximate surface area is 194 Å². The molecule has 1 atom stereocenters. The smallest absolute Gasteiger partial charge is 0.237 e. The Morgan fingerprint density at radius 3 is 2.48 bits per heavy atom. The molecule has 7 heteroatoms. The number of benzene rings is 2. The number of hydrogen-bond acceptors (Lipinski definition) is 5. The van der Waals surface area contributed by atoms with E-state index in [9.17, 15) is 9.59 Å². The molecule has 174 valence electrons. The largest absolute Gasteiger partial charge is 0.486 e. The van der Waals surface area contributed by atoms with Crippen LogP contribution in [0.3, 0.4) is 0 Å². The summed E-state index contributed by atoms with van der Waals surface area (Å²) in [6, 6.07) is 13.6. The Morgan fingerprint density at radius 1 is 0.909 bits per heavy atom. The number of fused-ring (bicyclic) bond motifs is 2. The highest BCUT2D eigenvalue weighted by molar-refractivity contribution is 5.93. The van der Waals surface area contributed by atoms with E-state index in [4.69, 9.17) is 9.47 Å². The molecule has 2 aromatic carbocycles. The van der Waals surface area contributed by atoms with Crippen LogP contribution in [0.2, 0.25) is 0 Å². The zero-order valence-corrected chi connectivity index (χ0v) is 18.8. The van der Waals surface area contributed by atoms with Crippen LogP contribution in [0.1, 0.15) is 36.8 Å². The minimum atomic E-state index is -0.173. The van der Waals surface area contributed by atoms with Gasteiger partial charge in [0.15, 0.2) is 11.5 Å². The highest BCUT2D eigenvalue weighted by Crippen LogP contribution is 2.34. The minimum absolute atomic E-state index is 0.00154. The second-order valence-corrected chi connectivity index (χ2v) is 9.22. The lowest BCUT2D eigenvalue weighted by molar-refractivity contribution is -0.124. The number of carbonyl (C=O) groups excluding carboxylic acids is 2. The Bertz CT molecular complexity index is 1020. The van der Waals surface area contributed by atoms with E-state index in [1.54, 1.807) is 0 Å². The summed E-state index contributed by atoms with van der Waals surface area (Å²) in [5, 5.41) is 9.51. The molecule has 0 aromatic heterocycles. The standard InChI is InChI=1S/C26H31N3O4/c30-25(29-21-9-10-23-24(14-21)33-12-11-32-23)18-7-5-17(6-8-18)15-28-26(31)22-13-19-3-1-2-4-20(19)16-27-22/h1-4,9-10,14,17-18,22,27H,5-8,11-13,15-16H2,(H,28,31)(H,29,30)/t17?,18?,22-/m1/s1. The lowest BCUT2D eigenvalue weighted by Crippen LogP contribution is -2.48. The molecule has 2 heterocycles. The third kappa shape index (κ3) is 5.14. The summed E-state index contributed by atoms with van der Waals surface area (Å²) >= 11 is 0. The van der Waals surface area contributed by atoms with E-state index in [2.05, 4.69) is 28.1 Å². The van der Waals surface area contributed by atoms with Gasteiger partial charge in [-0.3, -0.25) is 9.59 Å². The lowest BCUT2D eigenvalue weighted by atomic mass is 9.81. The molecule has 1 fully saturated rings. The van der Waals surface area contributed by atoms with E-state index < -0.39 is 0 Å². The van der Waals surface area contributed by atoms with Crippen molar-refractivity contribution >= 4 is 17.5 Å². The fraction of sp³-hybridized carbons (Fsp3) is 0.462. The molecule has 2 aliphatic heterocycles. The van der Waals surface area contributed by atoms with Gasteiger partial charge in [0.05, 0.1) is 6.04 Å². The van der Waals surface area contributed by atoms with Gasteiger partial charge in [-0.1, -0.05) is 24.3 Å². The average molecular weight is 450 g/mol. The first-order chi connectivity index (χ1) is 16.2. The summed E-state index contributed by atoms with van der Waals surface area (Å²) in [7, 11) is 0. The molecule has 3 aliphatic rings. The van der Waals surface area contributed by atoms with Gasteiger partial charge in [0.2, 0.25) is 11.8 Å². The van der Waals surface area contributed by atoms with Gasteiger partial charge in [0, 0.05) is 30.8 Å². The van der Waals surface area contributed by atoms with Gasteiger partial charge in [-0.2, -0.15) is 0 Å². The molecule has 0 spiro atoms. The van der Waals surface area contributed by atoms with Gasteiger partial charge in [0.25, 0.3) is 0 Å².